The topological polar surface area (TPSA) is 43.9 Å². The lowest BCUT2D eigenvalue weighted by Gasteiger charge is -2.46. The fraction of sp³-hybridized carbons (Fsp3) is 0.391. The van der Waals surface area contributed by atoms with E-state index in [1.165, 1.54) is 12.1 Å². The molecule has 2 aliphatic heterocycles. The number of halogens is 1. The van der Waals surface area contributed by atoms with Crippen molar-refractivity contribution in [1.82, 2.24) is 9.80 Å². The van der Waals surface area contributed by atoms with Crippen LogP contribution in [0.1, 0.15) is 27.9 Å². The van der Waals surface area contributed by atoms with Crippen LogP contribution < -0.4 is 4.90 Å². The fourth-order valence-corrected chi connectivity index (χ4v) is 4.37. The Hall–Kier alpha value is -2.73. The van der Waals surface area contributed by atoms with Gasteiger partial charge >= 0.3 is 0 Å². The molecule has 0 saturated carbocycles. The molecule has 1 spiro atoms. The molecule has 6 heteroatoms. The molecule has 2 aromatic carbocycles. The van der Waals surface area contributed by atoms with Gasteiger partial charge in [0.1, 0.15) is 5.82 Å². The van der Waals surface area contributed by atoms with Crippen molar-refractivity contribution in [3.05, 3.63) is 65.0 Å². The summed E-state index contributed by atoms with van der Waals surface area (Å²) in [5.74, 6) is -0.392. The second-order valence-corrected chi connectivity index (χ2v) is 8.32. The lowest BCUT2D eigenvalue weighted by Crippen LogP contribution is -2.64. The molecule has 1 atom stereocenters. The zero-order chi connectivity index (χ0) is 20.8. The van der Waals surface area contributed by atoms with E-state index in [0.29, 0.717) is 30.9 Å². The number of likely N-dealkylation sites (N-methyl/N-ethyl adjacent to an activating group) is 1. The Bertz CT molecular complexity index is 976. The third kappa shape index (κ3) is 3.53. The lowest BCUT2D eigenvalue weighted by molar-refractivity contribution is -0.123. The van der Waals surface area contributed by atoms with E-state index in [1.807, 2.05) is 44.0 Å². The van der Waals surface area contributed by atoms with E-state index in [-0.39, 0.29) is 29.7 Å². The highest BCUT2D eigenvalue weighted by Crippen LogP contribution is 2.34. The van der Waals surface area contributed by atoms with Gasteiger partial charge in [-0.2, -0.15) is 0 Å². The number of hydrogen-bond acceptors (Lipinski definition) is 3. The van der Waals surface area contributed by atoms with Crippen LogP contribution in [0.3, 0.4) is 0 Å². The van der Waals surface area contributed by atoms with Crippen LogP contribution in [0.5, 0.6) is 0 Å². The van der Waals surface area contributed by atoms with Crippen molar-refractivity contribution >= 4 is 17.5 Å². The predicted octanol–water partition coefficient (Wildman–Crippen LogP) is 3.01. The van der Waals surface area contributed by atoms with Crippen molar-refractivity contribution in [2.45, 2.75) is 25.8 Å². The first-order valence-electron chi connectivity index (χ1n) is 9.93. The quantitative estimate of drug-likeness (QED) is 0.785. The Labute approximate surface area is 170 Å². The van der Waals surface area contributed by atoms with Crippen LogP contribution in [0.4, 0.5) is 10.1 Å². The van der Waals surface area contributed by atoms with Crippen LogP contribution in [0, 0.1) is 19.7 Å². The van der Waals surface area contributed by atoms with Gasteiger partial charge in [0, 0.05) is 30.9 Å². The van der Waals surface area contributed by atoms with Gasteiger partial charge in [-0.05, 0) is 68.8 Å². The Balaban J connectivity index is 1.56. The fourth-order valence-electron chi connectivity index (χ4n) is 4.37. The second-order valence-electron chi connectivity index (χ2n) is 8.32. The normalized spacial score (nSPS) is 22.6. The van der Waals surface area contributed by atoms with E-state index in [1.54, 1.807) is 17.0 Å². The largest absolute Gasteiger partial charge is 0.337 e. The van der Waals surface area contributed by atoms with Gasteiger partial charge in [0.2, 0.25) is 5.91 Å². The third-order valence-corrected chi connectivity index (χ3v) is 6.43. The van der Waals surface area contributed by atoms with Crippen molar-refractivity contribution < 1.29 is 14.0 Å². The van der Waals surface area contributed by atoms with Gasteiger partial charge < -0.3 is 9.80 Å². The maximum Gasteiger partial charge on any atom is 0.253 e. The van der Waals surface area contributed by atoms with Gasteiger partial charge in [0.15, 0.2) is 0 Å². The molecule has 2 aromatic rings. The molecule has 0 aliphatic carbocycles. The summed E-state index contributed by atoms with van der Waals surface area (Å²) in [5.41, 5.74) is 3.21. The Morgan fingerprint density at radius 3 is 2.59 bits per heavy atom. The maximum atomic E-state index is 13.7. The summed E-state index contributed by atoms with van der Waals surface area (Å²) < 4.78 is 13.7. The number of likely N-dealkylation sites (tertiary alicyclic amines) is 1. The average molecular weight is 395 g/mol. The lowest BCUT2D eigenvalue weighted by atomic mass is 9.92. The summed E-state index contributed by atoms with van der Waals surface area (Å²) >= 11 is 0. The Kier molecular flexibility index (Phi) is 4.90. The van der Waals surface area contributed by atoms with Gasteiger partial charge in [-0.15, -0.1) is 0 Å². The number of hydrogen-bond donors (Lipinski definition) is 0. The number of rotatable bonds is 2. The smallest absolute Gasteiger partial charge is 0.253 e. The number of aryl methyl sites for hydroxylation is 2. The van der Waals surface area contributed by atoms with Gasteiger partial charge in [0.05, 0.1) is 12.1 Å². The summed E-state index contributed by atoms with van der Waals surface area (Å²) in [4.78, 5) is 31.3. The third-order valence-electron chi connectivity index (χ3n) is 6.43. The molecule has 0 unspecified atom stereocenters. The van der Waals surface area contributed by atoms with E-state index in [2.05, 4.69) is 4.90 Å². The van der Waals surface area contributed by atoms with Crippen molar-refractivity contribution in [3.63, 3.8) is 0 Å². The number of nitrogens with zero attached hydrogens (tertiary/aromatic N) is 3. The highest BCUT2D eigenvalue weighted by atomic mass is 19.1. The zero-order valence-corrected chi connectivity index (χ0v) is 17.1. The standard InChI is InChI=1S/C23H26FN3O2/c1-16-7-8-18(11-17(16)2)22(29)26-10-9-23(14-26)15-27(21(28)13-25(23)3)20-6-4-5-19(24)12-20/h4-8,11-12H,9-10,13-15H2,1-3H3/t23-/m1/s1. The Morgan fingerprint density at radius 2 is 1.86 bits per heavy atom. The number of anilines is 1. The van der Waals surface area contributed by atoms with E-state index < -0.39 is 0 Å². The van der Waals surface area contributed by atoms with Crippen molar-refractivity contribution in [3.8, 4) is 0 Å². The summed E-state index contributed by atoms with van der Waals surface area (Å²) in [6.07, 6.45) is 0.777. The van der Waals surface area contributed by atoms with Gasteiger partial charge in [-0.3, -0.25) is 14.5 Å². The molecule has 2 heterocycles. The molecule has 29 heavy (non-hydrogen) atoms. The molecule has 2 fully saturated rings. The minimum Gasteiger partial charge on any atom is -0.337 e. The zero-order valence-electron chi connectivity index (χ0n) is 17.1. The number of amides is 2. The Morgan fingerprint density at radius 1 is 1.07 bits per heavy atom. The average Bonchev–Trinajstić information content (AvgIpc) is 3.12. The van der Waals surface area contributed by atoms with Gasteiger partial charge in [-0.25, -0.2) is 4.39 Å². The highest BCUT2D eigenvalue weighted by molar-refractivity contribution is 5.97. The van der Waals surface area contributed by atoms with Gasteiger partial charge in [0.25, 0.3) is 5.91 Å². The predicted molar refractivity (Wildman–Crippen MR) is 111 cm³/mol. The SMILES string of the molecule is Cc1ccc(C(=O)N2CC[C@@]3(C2)CN(c2cccc(F)c2)C(=O)CN3C)cc1C. The van der Waals surface area contributed by atoms with E-state index in [9.17, 15) is 14.0 Å². The minimum absolute atomic E-state index is 0.0209. The number of piperazine rings is 1. The van der Waals surface area contributed by atoms with Crippen LogP contribution in [-0.4, -0.2) is 60.4 Å². The summed E-state index contributed by atoms with van der Waals surface area (Å²) in [6.45, 7) is 5.93. The van der Waals surface area contributed by atoms with Crippen LogP contribution >= 0.6 is 0 Å². The number of carbonyl (C=O) groups is 2. The molecule has 2 amide bonds. The molecule has 5 nitrogen and oxygen atoms in total. The molecule has 2 aliphatic rings. The molecule has 0 radical (unpaired) electrons. The first-order valence-corrected chi connectivity index (χ1v) is 9.93. The number of carbonyl (C=O) groups excluding carboxylic acids is 2. The van der Waals surface area contributed by atoms with E-state index >= 15 is 0 Å². The van der Waals surface area contributed by atoms with Crippen LogP contribution in [0.15, 0.2) is 42.5 Å². The molecular formula is C23H26FN3O2. The molecule has 0 bridgehead atoms. The maximum absolute atomic E-state index is 13.7. The molecule has 2 saturated heterocycles. The molecule has 0 N–H and O–H groups in total. The van der Waals surface area contributed by atoms with Gasteiger partial charge in [-0.1, -0.05) is 12.1 Å². The molecule has 4 rings (SSSR count). The number of benzene rings is 2. The minimum atomic E-state index is -0.360. The highest BCUT2D eigenvalue weighted by Gasteiger charge is 2.48. The van der Waals surface area contributed by atoms with Crippen molar-refractivity contribution in [2.75, 3.05) is 38.1 Å². The van der Waals surface area contributed by atoms with E-state index in [4.69, 9.17) is 0 Å². The monoisotopic (exact) mass is 395 g/mol. The molecule has 0 aromatic heterocycles. The second kappa shape index (κ2) is 7.26. The summed E-state index contributed by atoms with van der Waals surface area (Å²) in [6, 6.07) is 11.9. The first kappa shape index (κ1) is 19.6. The van der Waals surface area contributed by atoms with Crippen LogP contribution in [-0.2, 0) is 4.79 Å². The van der Waals surface area contributed by atoms with Crippen molar-refractivity contribution in [1.29, 1.82) is 0 Å². The molecular weight excluding hydrogens is 369 g/mol. The van der Waals surface area contributed by atoms with Crippen molar-refractivity contribution in [2.24, 2.45) is 0 Å². The first-order chi connectivity index (χ1) is 13.8. The van der Waals surface area contributed by atoms with E-state index in [0.717, 1.165) is 17.5 Å². The molecule has 152 valence electrons. The summed E-state index contributed by atoms with van der Waals surface area (Å²) in [5, 5.41) is 0. The van der Waals surface area contributed by atoms with Crippen LogP contribution in [0.2, 0.25) is 0 Å². The van der Waals surface area contributed by atoms with Crippen LogP contribution in [0.25, 0.3) is 0 Å². The summed E-state index contributed by atoms with van der Waals surface area (Å²) in [7, 11) is 1.94.